The molecule has 0 amide bonds. The van der Waals surface area contributed by atoms with Crippen LogP contribution in [0.25, 0.3) is 0 Å². The van der Waals surface area contributed by atoms with Gasteiger partial charge < -0.3 is 16.0 Å². The molecule has 5 nitrogen and oxygen atoms in total. The molecule has 0 aromatic heterocycles. The van der Waals surface area contributed by atoms with Crippen molar-refractivity contribution in [2.24, 2.45) is 10.7 Å². The summed E-state index contributed by atoms with van der Waals surface area (Å²) < 4.78 is 0. The minimum Gasteiger partial charge on any atom is -0.369 e. The Balaban J connectivity index is 2.01. The first-order chi connectivity index (χ1) is 7.75. The lowest BCUT2D eigenvalue weighted by Crippen LogP contribution is -2.41. The predicted octanol–water partition coefficient (Wildman–Crippen LogP) is 0.191. The van der Waals surface area contributed by atoms with Crippen LogP contribution in [-0.2, 0) is 4.79 Å². The highest BCUT2D eigenvalue weighted by atomic mass is 16.1. The fourth-order valence-electron chi connectivity index (χ4n) is 1.98. The number of nitrogens with one attached hydrogen (secondary N) is 1. The van der Waals surface area contributed by atoms with Crippen molar-refractivity contribution in [1.82, 2.24) is 10.2 Å². The minimum absolute atomic E-state index is 0.115. The average molecular weight is 222 g/mol. The summed E-state index contributed by atoms with van der Waals surface area (Å²) in [5.74, 6) is 1.23. The first-order valence-corrected chi connectivity index (χ1v) is 5.83. The Morgan fingerprint density at radius 3 is 2.81 bits per heavy atom. The van der Waals surface area contributed by atoms with Gasteiger partial charge in [-0.3, -0.25) is 4.79 Å². The molecule has 0 unspecified atom stereocenters. The van der Waals surface area contributed by atoms with Gasteiger partial charge in [-0.25, -0.2) is 0 Å². The van der Waals surface area contributed by atoms with E-state index in [-0.39, 0.29) is 5.78 Å². The fourth-order valence-corrected chi connectivity index (χ4v) is 1.98. The number of guanidine groups is 1. The van der Waals surface area contributed by atoms with E-state index in [4.69, 9.17) is 5.73 Å². The smallest absolute Gasteiger partial charge is 0.197 e. The molecule has 2 heterocycles. The van der Waals surface area contributed by atoms with Crippen molar-refractivity contribution in [2.45, 2.75) is 25.7 Å². The number of hydrogen-bond acceptors (Lipinski definition) is 3. The largest absolute Gasteiger partial charge is 0.369 e. The number of aliphatic imine (C=N–C) groups is 1. The van der Waals surface area contributed by atoms with Crippen LogP contribution < -0.4 is 11.1 Å². The van der Waals surface area contributed by atoms with Gasteiger partial charge in [0, 0.05) is 32.1 Å². The maximum Gasteiger partial charge on any atom is 0.197 e. The number of piperidine rings is 1. The highest BCUT2D eigenvalue weighted by Gasteiger charge is 2.14. The van der Waals surface area contributed by atoms with Crippen molar-refractivity contribution in [1.29, 1.82) is 0 Å². The summed E-state index contributed by atoms with van der Waals surface area (Å²) >= 11 is 0. The lowest BCUT2D eigenvalue weighted by Gasteiger charge is -2.27. The van der Waals surface area contributed by atoms with Gasteiger partial charge in [-0.2, -0.15) is 4.99 Å². The van der Waals surface area contributed by atoms with Gasteiger partial charge in [-0.05, 0) is 19.3 Å². The Bertz CT molecular complexity index is 329. The monoisotopic (exact) mass is 222 g/mol. The van der Waals surface area contributed by atoms with Crippen LogP contribution in [0.4, 0.5) is 0 Å². The van der Waals surface area contributed by atoms with Crippen molar-refractivity contribution < 1.29 is 4.79 Å². The number of nitrogens with two attached hydrogens (primary N) is 1. The standard InChI is InChI=1S/C11H18N4O/c12-11(15-6-2-1-3-7-15)14-10-8-9(16)4-5-13-10/h8,13H,1-7H2,(H2,12,14). The molecule has 0 aliphatic carbocycles. The van der Waals surface area contributed by atoms with Gasteiger partial charge in [-0.1, -0.05) is 0 Å². The van der Waals surface area contributed by atoms with Crippen molar-refractivity contribution >= 4 is 11.7 Å². The third-order valence-electron chi connectivity index (χ3n) is 2.89. The minimum atomic E-state index is 0.115. The van der Waals surface area contributed by atoms with Crippen LogP contribution in [0.2, 0.25) is 0 Å². The highest BCUT2D eigenvalue weighted by molar-refractivity contribution is 5.91. The number of nitrogens with zero attached hydrogens (tertiary/aromatic N) is 2. The van der Waals surface area contributed by atoms with Crippen LogP contribution in [-0.4, -0.2) is 36.3 Å². The molecule has 0 spiro atoms. The quantitative estimate of drug-likeness (QED) is 0.491. The molecule has 0 saturated carbocycles. The van der Waals surface area contributed by atoms with E-state index in [2.05, 4.69) is 15.2 Å². The van der Waals surface area contributed by atoms with E-state index < -0.39 is 0 Å². The average Bonchev–Trinajstić information content (AvgIpc) is 2.30. The molecule has 16 heavy (non-hydrogen) atoms. The number of likely N-dealkylation sites (tertiary alicyclic amines) is 1. The number of rotatable bonds is 1. The Labute approximate surface area is 95.4 Å². The molecule has 0 radical (unpaired) electrons. The van der Waals surface area contributed by atoms with E-state index >= 15 is 0 Å². The van der Waals surface area contributed by atoms with Gasteiger partial charge in [0.05, 0.1) is 0 Å². The normalized spacial score (nSPS) is 22.8. The summed E-state index contributed by atoms with van der Waals surface area (Å²) in [4.78, 5) is 17.5. The van der Waals surface area contributed by atoms with E-state index in [0.717, 1.165) is 13.1 Å². The summed E-state index contributed by atoms with van der Waals surface area (Å²) in [6, 6.07) is 0. The Hall–Kier alpha value is -1.52. The van der Waals surface area contributed by atoms with Crippen molar-refractivity contribution in [3.8, 4) is 0 Å². The lowest BCUT2D eigenvalue weighted by molar-refractivity contribution is -0.114. The molecular formula is C11H18N4O. The highest BCUT2D eigenvalue weighted by Crippen LogP contribution is 2.09. The summed E-state index contributed by atoms with van der Waals surface area (Å²) in [6.45, 7) is 2.59. The van der Waals surface area contributed by atoms with E-state index in [1.807, 2.05) is 0 Å². The second-order valence-electron chi connectivity index (χ2n) is 4.19. The van der Waals surface area contributed by atoms with Gasteiger partial charge in [-0.15, -0.1) is 0 Å². The molecule has 88 valence electrons. The third kappa shape index (κ3) is 2.74. The first kappa shape index (κ1) is 11.0. The topological polar surface area (TPSA) is 70.7 Å². The van der Waals surface area contributed by atoms with Gasteiger partial charge in [0.25, 0.3) is 0 Å². The van der Waals surface area contributed by atoms with E-state index in [9.17, 15) is 4.79 Å². The van der Waals surface area contributed by atoms with E-state index in [1.165, 1.54) is 25.3 Å². The number of hydrogen-bond donors (Lipinski definition) is 2. The van der Waals surface area contributed by atoms with Gasteiger partial charge in [0.1, 0.15) is 5.82 Å². The van der Waals surface area contributed by atoms with Gasteiger partial charge in [0.2, 0.25) is 0 Å². The summed E-state index contributed by atoms with van der Waals surface area (Å²) in [5, 5.41) is 3.07. The van der Waals surface area contributed by atoms with Crippen molar-refractivity contribution in [3.63, 3.8) is 0 Å². The molecule has 2 aliphatic rings. The molecule has 1 saturated heterocycles. The van der Waals surface area contributed by atoms with Crippen LogP contribution in [0.3, 0.4) is 0 Å². The summed E-state index contributed by atoms with van der Waals surface area (Å²) in [7, 11) is 0. The van der Waals surface area contributed by atoms with Gasteiger partial charge in [0.15, 0.2) is 11.7 Å². The molecule has 0 bridgehead atoms. The fraction of sp³-hybridized carbons (Fsp3) is 0.636. The van der Waals surface area contributed by atoms with Crippen LogP contribution >= 0.6 is 0 Å². The summed E-state index contributed by atoms with van der Waals surface area (Å²) in [6.07, 6.45) is 5.68. The van der Waals surface area contributed by atoms with Crippen LogP contribution in [0.5, 0.6) is 0 Å². The molecule has 2 aliphatic heterocycles. The van der Waals surface area contributed by atoms with Gasteiger partial charge >= 0.3 is 0 Å². The van der Waals surface area contributed by atoms with E-state index in [1.54, 1.807) is 0 Å². The number of carbonyl (C=O) groups is 1. The lowest BCUT2D eigenvalue weighted by atomic mass is 10.1. The number of ketones is 1. The van der Waals surface area contributed by atoms with Crippen molar-refractivity contribution in [3.05, 3.63) is 11.9 Å². The molecule has 5 heteroatoms. The third-order valence-corrected chi connectivity index (χ3v) is 2.89. The van der Waals surface area contributed by atoms with Crippen LogP contribution in [0.1, 0.15) is 25.7 Å². The van der Waals surface area contributed by atoms with Crippen molar-refractivity contribution in [2.75, 3.05) is 19.6 Å². The SMILES string of the molecule is NC(=NC1=CC(=O)CCN1)N1CCCCC1. The zero-order valence-electron chi connectivity index (χ0n) is 9.41. The predicted molar refractivity (Wildman–Crippen MR) is 62.8 cm³/mol. The molecule has 0 aromatic rings. The summed E-state index contributed by atoms with van der Waals surface area (Å²) in [5.41, 5.74) is 5.91. The maximum absolute atomic E-state index is 11.2. The zero-order valence-corrected chi connectivity index (χ0v) is 9.41. The Morgan fingerprint density at radius 1 is 1.38 bits per heavy atom. The second kappa shape index (κ2) is 5.01. The zero-order chi connectivity index (χ0) is 11.4. The number of allylic oxidation sites excluding steroid dienone is 1. The Morgan fingerprint density at radius 2 is 2.12 bits per heavy atom. The molecule has 3 N–H and O–H groups in total. The molecule has 0 atom stereocenters. The van der Waals surface area contributed by atoms with Crippen LogP contribution in [0, 0.1) is 0 Å². The van der Waals surface area contributed by atoms with E-state index in [0.29, 0.717) is 24.7 Å². The molecule has 0 aromatic carbocycles. The number of carbonyl (C=O) groups excluding carboxylic acids is 1. The van der Waals surface area contributed by atoms with Crippen LogP contribution in [0.15, 0.2) is 16.9 Å². The first-order valence-electron chi connectivity index (χ1n) is 5.83. The molecule has 1 fully saturated rings. The second-order valence-corrected chi connectivity index (χ2v) is 4.19. The Kier molecular flexibility index (Phi) is 3.44. The molecule has 2 rings (SSSR count). The molecular weight excluding hydrogens is 204 g/mol. The maximum atomic E-state index is 11.2.